The van der Waals surface area contributed by atoms with Gasteiger partial charge < -0.3 is 11.1 Å². The van der Waals surface area contributed by atoms with Crippen LogP contribution in [-0.2, 0) is 10.0 Å². The van der Waals surface area contributed by atoms with Crippen LogP contribution in [0.3, 0.4) is 0 Å². The largest absolute Gasteiger partial charge is 0.399 e. The first-order valence-corrected chi connectivity index (χ1v) is 8.50. The molecule has 1 fully saturated rings. The summed E-state index contributed by atoms with van der Waals surface area (Å²) in [6.45, 7) is 2.26. The molecule has 1 aliphatic carbocycles. The fourth-order valence-corrected chi connectivity index (χ4v) is 3.54. The molecule has 112 valence electrons. The number of benzene rings is 1. The van der Waals surface area contributed by atoms with Gasteiger partial charge in [-0.05, 0) is 56.8 Å². The van der Waals surface area contributed by atoms with E-state index in [1.807, 2.05) is 0 Å². The molecule has 2 rings (SSSR count). The van der Waals surface area contributed by atoms with Crippen LogP contribution in [0.4, 0.5) is 11.4 Å². The van der Waals surface area contributed by atoms with Crippen molar-refractivity contribution >= 4 is 21.4 Å². The second-order valence-electron chi connectivity index (χ2n) is 5.56. The zero-order chi connectivity index (χ0) is 14.8. The molecule has 0 aromatic heterocycles. The number of hydrogen-bond donors (Lipinski definition) is 3. The third-order valence-electron chi connectivity index (χ3n) is 3.94. The minimum Gasteiger partial charge on any atom is -0.399 e. The van der Waals surface area contributed by atoms with Crippen LogP contribution in [0.15, 0.2) is 23.1 Å². The van der Waals surface area contributed by atoms with Crippen LogP contribution in [0.1, 0.15) is 32.6 Å². The quantitative estimate of drug-likeness (QED) is 0.744. The molecule has 0 spiro atoms. The highest BCUT2D eigenvalue weighted by atomic mass is 32.2. The fraction of sp³-hybridized carbons (Fsp3) is 0.571. The predicted molar refractivity (Wildman–Crippen MR) is 82.1 cm³/mol. The molecule has 1 aromatic carbocycles. The minimum absolute atomic E-state index is 0.221. The average molecular weight is 297 g/mol. The van der Waals surface area contributed by atoms with Gasteiger partial charge in [-0.2, -0.15) is 0 Å². The molecule has 6 heteroatoms. The van der Waals surface area contributed by atoms with E-state index in [1.54, 1.807) is 12.1 Å². The van der Waals surface area contributed by atoms with Gasteiger partial charge in [-0.25, -0.2) is 13.1 Å². The Kier molecular flexibility index (Phi) is 4.55. The van der Waals surface area contributed by atoms with Crippen molar-refractivity contribution in [1.82, 2.24) is 4.72 Å². The molecule has 1 aliphatic rings. The Morgan fingerprint density at radius 3 is 2.45 bits per heavy atom. The molecular formula is C14H23N3O2S. The van der Waals surface area contributed by atoms with Crippen molar-refractivity contribution in [2.24, 2.45) is 5.92 Å². The number of hydrogen-bond acceptors (Lipinski definition) is 4. The van der Waals surface area contributed by atoms with E-state index in [0.29, 0.717) is 17.4 Å². The first-order chi connectivity index (χ1) is 9.42. The number of nitrogen functional groups attached to an aromatic ring is 1. The number of nitrogens with one attached hydrogen (secondary N) is 2. The number of nitrogens with two attached hydrogens (primary N) is 1. The molecule has 0 unspecified atom stereocenters. The Morgan fingerprint density at radius 1 is 1.20 bits per heavy atom. The second kappa shape index (κ2) is 6.01. The van der Waals surface area contributed by atoms with Crippen molar-refractivity contribution in [3.8, 4) is 0 Å². The maximum atomic E-state index is 12.1. The highest BCUT2D eigenvalue weighted by Gasteiger charge is 2.22. The van der Waals surface area contributed by atoms with E-state index >= 15 is 0 Å². The van der Waals surface area contributed by atoms with Gasteiger partial charge in [0.2, 0.25) is 10.0 Å². The molecule has 0 amide bonds. The van der Waals surface area contributed by atoms with Crippen molar-refractivity contribution in [3.05, 3.63) is 18.2 Å². The summed E-state index contributed by atoms with van der Waals surface area (Å²) >= 11 is 0. The molecule has 0 heterocycles. The van der Waals surface area contributed by atoms with Gasteiger partial charge >= 0.3 is 0 Å². The Labute approximate surface area is 121 Å². The van der Waals surface area contributed by atoms with E-state index < -0.39 is 10.0 Å². The normalized spacial score (nSPS) is 23.5. The summed E-state index contributed by atoms with van der Waals surface area (Å²) in [7, 11) is -2.10. The monoisotopic (exact) mass is 297 g/mol. The zero-order valence-electron chi connectivity index (χ0n) is 12.0. The topological polar surface area (TPSA) is 84.2 Å². The lowest BCUT2D eigenvalue weighted by atomic mass is 9.87. The number of anilines is 2. The van der Waals surface area contributed by atoms with E-state index in [1.165, 1.54) is 26.0 Å². The molecule has 4 N–H and O–H groups in total. The van der Waals surface area contributed by atoms with Crippen LogP contribution >= 0.6 is 0 Å². The van der Waals surface area contributed by atoms with Crippen LogP contribution in [0.25, 0.3) is 0 Å². The standard InChI is InChI=1S/C14H23N3O2S/c1-10-3-6-12(7-4-10)17-13-8-5-11(15)9-14(13)20(18,19)16-2/h5,8-10,12,16-17H,3-4,6-7,15H2,1-2H3. The first-order valence-electron chi connectivity index (χ1n) is 7.02. The van der Waals surface area contributed by atoms with Gasteiger partial charge in [0.15, 0.2) is 0 Å². The van der Waals surface area contributed by atoms with Gasteiger partial charge in [0.05, 0.1) is 5.69 Å². The smallest absolute Gasteiger partial charge is 0.242 e. The molecular weight excluding hydrogens is 274 g/mol. The summed E-state index contributed by atoms with van der Waals surface area (Å²) in [5.41, 5.74) is 6.79. The second-order valence-corrected chi connectivity index (χ2v) is 7.42. The molecule has 0 aliphatic heterocycles. The van der Waals surface area contributed by atoms with Crippen LogP contribution in [0, 0.1) is 5.92 Å². The van der Waals surface area contributed by atoms with Gasteiger partial charge in [-0.15, -0.1) is 0 Å². The Balaban J connectivity index is 2.23. The summed E-state index contributed by atoms with van der Waals surface area (Å²) in [5, 5.41) is 3.36. The van der Waals surface area contributed by atoms with Crippen LogP contribution in [-0.4, -0.2) is 21.5 Å². The number of sulfonamides is 1. The minimum atomic E-state index is -3.51. The highest BCUT2D eigenvalue weighted by Crippen LogP contribution is 2.29. The van der Waals surface area contributed by atoms with Gasteiger partial charge in [0.1, 0.15) is 4.90 Å². The summed E-state index contributed by atoms with van der Waals surface area (Å²) in [6.07, 6.45) is 4.51. The van der Waals surface area contributed by atoms with Gasteiger partial charge in [-0.1, -0.05) is 6.92 Å². The lowest BCUT2D eigenvalue weighted by Crippen LogP contribution is -2.27. The first kappa shape index (κ1) is 15.1. The summed E-state index contributed by atoms with van der Waals surface area (Å²) in [4.78, 5) is 0.221. The molecule has 20 heavy (non-hydrogen) atoms. The highest BCUT2D eigenvalue weighted by molar-refractivity contribution is 7.89. The molecule has 0 bridgehead atoms. The van der Waals surface area contributed by atoms with E-state index in [0.717, 1.165) is 18.8 Å². The Hall–Kier alpha value is -1.27. The van der Waals surface area contributed by atoms with E-state index in [2.05, 4.69) is 17.0 Å². The van der Waals surface area contributed by atoms with Crippen LogP contribution < -0.4 is 15.8 Å². The Bertz CT molecular complexity index is 564. The van der Waals surface area contributed by atoms with Crippen molar-refractivity contribution in [3.63, 3.8) is 0 Å². The molecule has 5 nitrogen and oxygen atoms in total. The predicted octanol–water partition coefficient (Wildman–Crippen LogP) is 2.17. The third-order valence-corrected chi connectivity index (χ3v) is 5.39. The van der Waals surface area contributed by atoms with Gasteiger partial charge in [0, 0.05) is 11.7 Å². The third kappa shape index (κ3) is 3.43. The van der Waals surface area contributed by atoms with E-state index in [-0.39, 0.29) is 4.90 Å². The zero-order valence-corrected chi connectivity index (χ0v) is 12.8. The summed E-state index contributed by atoms with van der Waals surface area (Å²) < 4.78 is 26.5. The maximum Gasteiger partial charge on any atom is 0.242 e. The molecule has 1 saturated carbocycles. The summed E-state index contributed by atoms with van der Waals surface area (Å²) in [5.74, 6) is 0.764. The Morgan fingerprint density at radius 2 is 1.85 bits per heavy atom. The average Bonchev–Trinajstić information content (AvgIpc) is 2.43. The molecule has 0 atom stereocenters. The lowest BCUT2D eigenvalue weighted by molar-refractivity contribution is 0.361. The van der Waals surface area contributed by atoms with E-state index in [9.17, 15) is 8.42 Å². The van der Waals surface area contributed by atoms with E-state index in [4.69, 9.17) is 5.73 Å². The van der Waals surface area contributed by atoms with Crippen molar-refractivity contribution in [2.75, 3.05) is 18.1 Å². The van der Waals surface area contributed by atoms with Crippen molar-refractivity contribution in [1.29, 1.82) is 0 Å². The van der Waals surface area contributed by atoms with Crippen molar-refractivity contribution < 1.29 is 8.42 Å². The molecule has 0 saturated heterocycles. The maximum absolute atomic E-state index is 12.1. The molecule has 0 radical (unpaired) electrons. The van der Waals surface area contributed by atoms with Crippen molar-refractivity contribution in [2.45, 2.75) is 43.5 Å². The van der Waals surface area contributed by atoms with Crippen LogP contribution in [0.2, 0.25) is 0 Å². The van der Waals surface area contributed by atoms with Gasteiger partial charge in [0.25, 0.3) is 0 Å². The SMILES string of the molecule is CNS(=O)(=O)c1cc(N)ccc1NC1CCC(C)CC1. The number of rotatable bonds is 4. The van der Waals surface area contributed by atoms with Gasteiger partial charge in [-0.3, -0.25) is 0 Å². The summed E-state index contributed by atoms with van der Waals surface area (Å²) in [6, 6.07) is 5.31. The molecule has 1 aromatic rings. The fourth-order valence-electron chi connectivity index (χ4n) is 2.61. The lowest BCUT2D eigenvalue weighted by Gasteiger charge is -2.28. The van der Waals surface area contributed by atoms with Crippen LogP contribution in [0.5, 0.6) is 0 Å².